The number of nitrogens with zero attached hydrogens (tertiary/aromatic N) is 1. The number of rotatable bonds is 4. The van der Waals surface area contributed by atoms with Gasteiger partial charge in [0.25, 0.3) is 0 Å². The standard InChI is InChI=1S/C42H28NOP/c44-45(34-18-8-3-9-19-34)41-23-13-11-21-36(41)38-27-40-37(28-42(38)45)35-20-10-12-22-39(35)43(40)33-25-31(29-14-4-1-5-15-29)24-32(26-33)30-16-6-2-7-17-30/h1-28H. The molecule has 1 aliphatic rings. The van der Waals surface area contributed by atoms with Crippen molar-refractivity contribution in [3.63, 3.8) is 0 Å². The first-order valence-electron chi connectivity index (χ1n) is 15.3. The van der Waals surface area contributed by atoms with Crippen LogP contribution in [0.4, 0.5) is 0 Å². The summed E-state index contributed by atoms with van der Waals surface area (Å²) in [7, 11) is -3.05. The summed E-state index contributed by atoms with van der Waals surface area (Å²) in [5.74, 6) is 0. The smallest absolute Gasteiger partial charge is 0.172 e. The van der Waals surface area contributed by atoms with E-state index in [1.54, 1.807) is 0 Å². The van der Waals surface area contributed by atoms with E-state index in [1.807, 2.05) is 36.4 Å². The van der Waals surface area contributed by atoms with Crippen molar-refractivity contribution in [2.24, 2.45) is 0 Å². The molecular weight excluding hydrogens is 565 g/mol. The molecule has 1 unspecified atom stereocenters. The van der Waals surface area contributed by atoms with E-state index in [2.05, 4.69) is 138 Å². The van der Waals surface area contributed by atoms with Crippen molar-refractivity contribution in [1.29, 1.82) is 0 Å². The van der Waals surface area contributed by atoms with Crippen LogP contribution in [0.3, 0.4) is 0 Å². The number of hydrogen-bond donors (Lipinski definition) is 0. The second kappa shape index (κ2) is 10.1. The lowest BCUT2D eigenvalue weighted by Gasteiger charge is -2.16. The van der Waals surface area contributed by atoms with Crippen LogP contribution in [0.2, 0.25) is 0 Å². The van der Waals surface area contributed by atoms with Gasteiger partial charge in [-0.15, -0.1) is 0 Å². The molecule has 8 aromatic rings. The summed E-state index contributed by atoms with van der Waals surface area (Å²) < 4.78 is 17.7. The Balaban J connectivity index is 1.37. The molecule has 0 radical (unpaired) electrons. The van der Waals surface area contributed by atoms with Crippen LogP contribution < -0.4 is 15.9 Å². The van der Waals surface area contributed by atoms with Crippen LogP contribution in [0, 0.1) is 0 Å². The molecule has 1 atom stereocenters. The Bertz CT molecular complexity index is 2390. The minimum atomic E-state index is -3.05. The summed E-state index contributed by atoms with van der Waals surface area (Å²) in [5, 5.41) is 4.99. The van der Waals surface area contributed by atoms with Gasteiger partial charge in [-0.1, -0.05) is 133 Å². The maximum absolute atomic E-state index is 15.3. The van der Waals surface area contributed by atoms with Crippen LogP contribution in [0.5, 0.6) is 0 Å². The van der Waals surface area contributed by atoms with Crippen LogP contribution in [0.15, 0.2) is 170 Å². The van der Waals surface area contributed by atoms with Gasteiger partial charge < -0.3 is 9.13 Å². The van der Waals surface area contributed by atoms with E-state index >= 15 is 4.57 Å². The first-order valence-corrected chi connectivity index (χ1v) is 17.0. The van der Waals surface area contributed by atoms with Gasteiger partial charge in [-0.25, -0.2) is 0 Å². The highest BCUT2D eigenvalue weighted by atomic mass is 31.2. The third kappa shape index (κ3) is 3.93. The molecule has 3 heteroatoms. The Morgan fingerprint density at radius 1 is 0.400 bits per heavy atom. The molecule has 0 N–H and O–H groups in total. The molecule has 1 aromatic heterocycles. The summed E-state index contributed by atoms with van der Waals surface area (Å²) in [6.07, 6.45) is 0. The average molecular weight is 594 g/mol. The molecular formula is C42H28NOP. The number of benzene rings is 7. The molecule has 0 spiro atoms. The van der Waals surface area contributed by atoms with E-state index in [0.717, 1.165) is 65.7 Å². The lowest BCUT2D eigenvalue weighted by atomic mass is 9.98. The van der Waals surface area contributed by atoms with Crippen molar-refractivity contribution in [2.75, 3.05) is 0 Å². The zero-order chi connectivity index (χ0) is 30.0. The van der Waals surface area contributed by atoms with Gasteiger partial charge in [-0.05, 0) is 69.8 Å². The van der Waals surface area contributed by atoms with Crippen LogP contribution >= 0.6 is 7.14 Å². The van der Waals surface area contributed by atoms with Crippen LogP contribution in [0.1, 0.15) is 0 Å². The van der Waals surface area contributed by atoms with Crippen LogP contribution in [-0.2, 0) is 4.57 Å². The number of aromatic nitrogens is 1. The maximum atomic E-state index is 15.3. The second-order valence-corrected chi connectivity index (χ2v) is 14.4. The van der Waals surface area contributed by atoms with Crippen LogP contribution in [0.25, 0.3) is 60.9 Å². The SMILES string of the molecule is O=P1(c2ccccc2)c2ccccc2-c2cc3c(cc21)c1ccccc1n3-c1cc(-c2ccccc2)cc(-c2ccccc2)c1. The van der Waals surface area contributed by atoms with Gasteiger partial charge in [0.2, 0.25) is 0 Å². The van der Waals surface area contributed by atoms with Gasteiger partial charge in [-0.3, -0.25) is 0 Å². The molecule has 7 aromatic carbocycles. The molecule has 0 amide bonds. The van der Waals surface area contributed by atoms with Crippen molar-refractivity contribution in [2.45, 2.75) is 0 Å². The Labute approximate surface area is 262 Å². The monoisotopic (exact) mass is 593 g/mol. The Hall–Kier alpha value is -5.43. The van der Waals surface area contributed by atoms with Gasteiger partial charge in [0, 0.05) is 32.4 Å². The molecule has 0 saturated heterocycles. The molecule has 1 aliphatic heterocycles. The summed E-state index contributed by atoms with van der Waals surface area (Å²) in [4.78, 5) is 0. The van der Waals surface area contributed by atoms with Crippen molar-refractivity contribution in [3.8, 4) is 39.1 Å². The van der Waals surface area contributed by atoms with E-state index in [1.165, 1.54) is 11.1 Å². The van der Waals surface area contributed by atoms with Gasteiger partial charge in [0.05, 0.1) is 11.0 Å². The largest absolute Gasteiger partial charge is 0.309 e. The molecule has 9 rings (SSSR count). The zero-order valence-electron chi connectivity index (χ0n) is 24.5. The fraction of sp³-hybridized carbons (Fsp3) is 0. The number of fused-ring (bicyclic) bond motifs is 6. The molecule has 212 valence electrons. The topological polar surface area (TPSA) is 22.0 Å². The van der Waals surface area contributed by atoms with Gasteiger partial charge in [-0.2, -0.15) is 0 Å². The average Bonchev–Trinajstić information content (AvgIpc) is 3.58. The van der Waals surface area contributed by atoms with E-state index in [0.29, 0.717) is 0 Å². The highest BCUT2D eigenvalue weighted by Gasteiger charge is 2.40. The quantitative estimate of drug-likeness (QED) is 0.186. The van der Waals surface area contributed by atoms with E-state index in [-0.39, 0.29) is 0 Å². The van der Waals surface area contributed by atoms with E-state index in [9.17, 15) is 0 Å². The molecule has 0 saturated carbocycles. The third-order valence-corrected chi connectivity index (χ3v) is 12.3. The minimum absolute atomic E-state index is 0.877. The Morgan fingerprint density at radius 3 is 1.67 bits per heavy atom. The maximum Gasteiger partial charge on any atom is 0.172 e. The number of hydrogen-bond acceptors (Lipinski definition) is 1. The summed E-state index contributed by atoms with van der Waals surface area (Å²) in [6, 6.07) is 59.4. The van der Waals surface area contributed by atoms with E-state index in [4.69, 9.17) is 0 Å². The molecule has 2 heterocycles. The van der Waals surface area contributed by atoms with Crippen molar-refractivity contribution in [1.82, 2.24) is 4.57 Å². The fourth-order valence-corrected chi connectivity index (χ4v) is 10.2. The van der Waals surface area contributed by atoms with Gasteiger partial charge in [0.15, 0.2) is 7.14 Å². The molecule has 0 fully saturated rings. The normalized spacial score (nSPS) is 15.3. The van der Waals surface area contributed by atoms with Crippen LogP contribution in [-0.4, -0.2) is 4.57 Å². The lowest BCUT2D eigenvalue weighted by molar-refractivity contribution is 0.593. The van der Waals surface area contributed by atoms with E-state index < -0.39 is 7.14 Å². The molecule has 0 aliphatic carbocycles. The minimum Gasteiger partial charge on any atom is -0.309 e. The Morgan fingerprint density at radius 2 is 0.978 bits per heavy atom. The highest BCUT2D eigenvalue weighted by molar-refractivity contribution is 7.86. The zero-order valence-corrected chi connectivity index (χ0v) is 25.4. The Kier molecular flexibility index (Phi) is 5.81. The first-order chi connectivity index (χ1) is 22.2. The molecule has 0 bridgehead atoms. The lowest BCUT2D eigenvalue weighted by Crippen LogP contribution is -2.20. The predicted octanol–water partition coefficient (Wildman–Crippen LogP) is 9.74. The summed E-state index contributed by atoms with van der Waals surface area (Å²) in [5.41, 5.74) is 10.1. The first kappa shape index (κ1) is 26.0. The fourth-order valence-electron chi connectivity index (χ4n) is 7.11. The van der Waals surface area contributed by atoms with Gasteiger partial charge >= 0.3 is 0 Å². The third-order valence-electron chi connectivity index (χ3n) is 9.17. The van der Waals surface area contributed by atoms with Crippen molar-refractivity contribution < 1.29 is 4.57 Å². The predicted molar refractivity (Wildman–Crippen MR) is 190 cm³/mol. The van der Waals surface area contributed by atoms with Crippen molar-refractivity contribution >= 4 is 44.9 Å². The van der Waals surface area contributed by atoms with Gasteiger partial charge in [0.1, 0.15) is 0 Å². The summed E-state index contributed by atoms with van der Waals surface area (Å²) >= 11 is 0. The van der Waals surface area contributed by atoms with Crippen molar-refractivity contribution in [3.05, 3.63) is 170 Å². The molecule has 2 nitrogen and oxygen atoms in total. The second-order valence-electron chi connectivity index (χ2n) is 11.7. The number of para-hydroxylation sites is 1. The summed E-state index contributed by atoms with van der Waals surface area (Å²) in [6.45, 7) is 0. The highest BCUT2D eigenvalue weighted by Crippen LogP contribution is 2.53. The molecule has 45 heavy (non-hydrogen) atoms.